The van der Waals surface area contributed by atoms with Gasteiger partial charge < -0.3 is 10.4 Å². The van der Waals surface area contributed by atoms with E-state index < -0.39 is 17.9 Å². The van der Waals surface area contributed by atoms with E-state index in [1.807, 2.05) is 0 Å². The van der Waals surface area contributed by atoms with Gasteiger partial charge in [-0.3, -0.25) is 4.79 Å². The van der Waals surface area contributed by atoms with Gasteiger partial charge in [0.2, 0.25) is 5.91 Å². The number of aliphatic carboxylic acids is 1. The number of aryl methyl sites for hydroxylation is 1. The second-order valence-corrected chi connectivity index (χ2v) is 3.99. The Hall–Kier alpha value is -2.35. The number of halogens is 1. The van der Waals surface area contributed by atoms with E-state index in [0.29, 0.717) is 6.42 Å². The summed E-state index contributed by atoms with van der Waals surface area (Å²) in [5, 5.41) is 11.2. The van der Waals surface area contributed by atoms with Crippen molar-refractivity contribution < 1.29 is 19.1 Å². The average molecular weight is 263 g/mol. The van der Waals surface area contributed by atoms with E-state index in [9.17, 15) is 14.0 Å². The minimum Gasteiger partial charge on any atom is -0.480 e. The summed E-state index contributed by atoms with van der Waals surface area (Å²) < 4.78 is 12.7. The average Bonchev–Trinajstić information content (AvgIpc) is 2.37. The third-order valence-electron chi connectivity index (χ3n) is 2.51. The van der Waals surface area contributed by atoms with Gasteiger partial charge in [-0.1, -0.05) is 12.1 Å². The van der Waals surface area contributed by atoms with Crippen LogP contribution in [0.5, 0.6) is 0 Å². The molecule has 1 aromatic carbocycles. The highest BCUT2D eigenvalue weighted by molar-refractivity contribution is 5.83. The Morgan fingerprint density at radius 3 is 2.53 bits per heavy atom. The predicted octanol–water partition coefficient (Wildman–Crippen LogP) is 1.35. The SMILES string of the molecule is C#CCC(NC(=O)CCc1ccc(F)cc1)C(=O)O. The summed E-state index contributed by atoms with van der Waals surface area (Å²) in [7, 11) is 0. The highest BCUT2D eigenvalue weighted by Crippen LogP contribution is 2.05. The molecule has 0 saturated carbocycles. The Morgan fingerprint density at radius 1 is 1.37 bits per heavy atom. The molecule has 0 fully saturated rings. The number of benzene rings is 1. The lowest BCUT2D eigenvalue weighted by atomic mass is 10.1. The Morgan fingerprint density at radius 2 is 2.00 bits per heavy atom. The van der Waals surface area contributed by atoms with Crippen LogP contribution in [-0.4, -0.2) is 23.0 Å². The number of rotatable bonds is 6. The Labute approximate surface area is 110 Å². The van der Waals surface area contributed by atoms with Crippen LogP contribution in [0.3, 0.4) is 0 Å². The summed E-state index contributed by atoms with van der Waals surface area (Å²) in [6, 6.07) is 4.72. The first-order valence-corrected chi connectivity index (χ1v) is 5.73. The van der Waals surface area contributed by atoms with Crippen LogP contribution in [0.1, 0.15) is 18.4 Å². The highest BCUT2D eigenvalue weighted by Gasteiger charge is 2.18. The van der Waals surface area contributed by atoms with Crippen LogP contribution in [0.25, 0.3) is 0 Å². The number of carboxylic acids is 1. The quantitative estimate of drug-likeness (QED) is 0.761. The zero-order chi connectivity index (χ0) is 14.3. The van der Waals surface area contributed by atoms with E-state index in [-0.39, 0.29) is 18.7 Å². The zero-order valence-corrected chi connectivity index (χ0v) is 10.2. The van der Waals surface area contributed by atoms with Crippen molar-refractivity contribution in [1.82, 2.24) is 5.32 Å². The maximum Gasteiger partial charge on any atom is 0.327 e. The molecule has 0 aliphatic heterocycles. The molecule has 4 nitrogen and oxygen atoms in total. The molecule has 0 aliphatic carbocycles. The molecule has 100 valence electrons. The second-order valence-electron chi connectivity index (χ2n) is 3.99. The highest BCUT2D eigenvalue weighted by atomic mass is 19.1. The van der Waals surface area contributed by atoms with Crippen LogP contribution >= 0.6 is 0 Å². The van der Waals surface area contributed by atoms with Crippen molar-refractivity contribution in [3.05, 3.63) is 35.6 Å². The molecule has 1 rings (SSSR count). The summed E-state index contributed by atoms with van der Waals surface area (Å²) in [6.07, 6.45) is 5.50. The lowest BCUT2D eigenvalue weighted by Crippen LogP contribution is -2.40. The summed E-state index contributed by atoms with van der Waals surface area (Å²) in [6.45, 7) is 0. The van der Waals surface area contributed by atoms with Gasteiger partial charge in [0.25, 0.3) is 0 Å². The maximum absolute atomic E-state index is 12.7. The molecule has 2 N–H and O–H groups in total. The van der Waals surface area contributed by atoms with Crippen LogP contribution in [0.4, 0.5) is 4.39 Å². The third kappa shape index (κ3) is 5.21. The fourth-order valence-corrected chi connectivity index (χ4v) is 1.49. The summed E-state index contributed by atoms with van der Waals surface area (Å²) in [5.74, 6) is 0.302. The van der Waals surface area contributed by atoms with E-state index in [1.54, 1.807) is 12.1 Å². The molecule has 1 aromatic rings. The molecule has 19 heavy (non-hydrogen) atoms. The Balaban J connectivity index is 2.45. The zero-order valence-electron chi connectivity index (χ0n) is 10.2. The van der Waals surface area contributed by atoms with Crippen molar-refractivity contribution in [1.29, 1.82) is 0 Å². The molecule has 5 heteroatoms. The van der Waals surface area contributed by atoms with E-state index >= 15 is 0 Å². The topological polar surface area (TPSA) is 66.4 Å². The van der Waals surface area contributed by atoms with Crippen molar-refractivity contribution in [2.45, 2.75) is 25.3 Å². The minimum absolute atomic E-state index is 0.0579. The largest absolute Gasteiger partial charge is 0.480 e. The van der Waals surface area contributed by atoms with Crippen molar-refractivity contribution in [3.8, 4) is 12.3 Å². The van der Waals surface area contributed by atoms with Crippen LogP contribution in [0, 0.1) is 18.2 Å². The number of nitrogens with one attached hydrogen (secondary N) is 1. The standard InChI is InChI=1S/C14H14FNO3/c1-2-3-12(14(18)19)16-13(17)9-6-10-4-7-11(15)8-5-10/h1,4-5,7-8,12H,3,6,9H2,(H,16,17)(H,18,19). The first kappa shape index (κ1) is 14.7. The number of carbonyl (C=O) groups is 2. The number of hydrogen-bond acceptors (Lipinski definition) is 2. The van der Waals surface area contributed by atoms with E-state index in [0.717, 1.165) is 5.56 Å². The van der Waals surface area contributed by atoms with Crippen LogP contribution < -0.4 is 5.32 Å². The summed E-state index contributed by atoms with van der Waals surface area (Å²) in [5.41, 5.74) is 0.806. The normalized spacial score (nSPS) is 11.4. The van der Waals surface area contributed by atoms with Gasteiger partial charge in [0.05, 0.1) is 0 Å². The van der Waals surface area contributed by atoms with Crippen molar-refractivity contribution in [2.75, 3.05) is 0 Å². The number of carboxylic acid groups (broad SMARTS) is 1. The smallest absolute Gasteiger partial charge is 0.327 e. The van der Waals surface area contributed by atoms with Gasteiger partial charge in [-0.15, -0.1) is 12.3 Å². The predicted molar refractivity (Wildman–Crippen MR) is 67.7 cm³/mol. The summed E-state index contributed by atoms with van der Waals surface area (Å²) in [4.78, 5) is 22.3. The molecule has 1 unspecified atom stereocenters. The molecular formula is C14H14FNO3. The Bertz CT molecular complexity index is 490. The summed E-state index contributed by atoms with van der Waals surface area (Å²) >= 11 is 0. The van der Waals surface area contributed by atoms with Gasteiger partial charge in [0.15, 0.2) is 0 Å². The molecule has 0 spiro atoms. The molecule has 0 bridgehead atoms. The molecule has 0 aliphatic rings. The molecule has 0 saturated heterocycles. The van der Waals surface area contributed by atoms with E-state index in [2.05, 4.69) is 11.2 Å². The number of terminal acetylenes is 1. The minimum atomic E-state index is -1.16. The molecule has 1 atom stereocenters. The van der Waals surface area contributed by atoms with Crippen LogP contribution in [0.2, 0.25) is 0 Å². The van der Waals surface area contributed by atoms with Gasteiger partial charge in [-0.05, 0) is 24.1 Å². The molecular weight excluding hydrogens is 249 g/mol. The lowest BCUT2D eigenvalue weighted by molar-refractivity contribution is -0.141. The van der Waals surface area contributed by atoms with Crippen LogP contribution in [-0.2, 0) is 16.0 Å². The first-order valence-electron chi connectivity index (χ1n) is 5.73. The third-order valence-corrected chi connectivity index (χ3v) is 2.51. The van der Waals surface area contributed by atoms with Crippen molar-refractivity contribution >= 4 is 11.9 Å². The monoisotopic (exact) mass is 263 g/mol. The molecule has 0 radical (unpaired) electrons. The fraction of sp³-hybridized carbons (Fsp3) is 0.286. The van der Waals surface area contributed by atoms with E-state index in [1.165, 1.54) is 12.1 Å². The first-order chi connectivity index (χ1) is 9.02. The Kier molecular flexibility index (Phi) is 5.55. The fourth-order valence-electron chi connectivity index (χ4n) is 1.49. The number of amides is 1. The van der Waals surface area contributed by atoms with Gasteiger partial charge >= 0.3 is 5.97 Å². The maximum atomic E-state index is 12.7. The van der Waals surface area contributed by atoms with Crippen molar-refractivity contribution in [3.63, 3.8) is 0 Å². The van der Waals surface area contributed by atoms with E-state index in [4.69, 9.17) is 11.5 Å². The second kappa shape index (κ2) is 7.17. The van der Waals surface area contributed by atoms with Gasteiger partial charge in [0.1, 0.15) is 11.9 Å². The van der Waals surface area contributed by atoms with Crippen molar-refractivity contribution in [2.24, 2.45) is 0 Å². The lowest BCUT2D eigenvalue weighted by Gasteiger charge is -2.11. The van der Waals surface area contributed by atoms with Gasteiger partial charge in [-0.2, -0.15) is 0 Å². The molecule has 0 heterocycles. The number of carbonyl (C=O) groups excluding carboxylic acids is 1. The van der Waals surface area contributed by atoms with Gasteiger partial charge in [0, 0.05) is 12.8 Å². The molecule has 0 aromatic heterocycles. The van der Waals surface area contributed by atoms with Gasteiger partial charge in [-0.25, -0.2) is 9.18 Å². The van der Waals surface area contributed by atoms with Crippen LogP contribution in [0.15, 0.2) is 24.3 Å². The number of hydrogen-bond donors (Lipinski definition) is 2. The molecule has 1 amide bonds.